The highest BCUT2D eigenvalue weighted by molar-refractivity contribution is 5.21. The fourth-order valence-corrected chi connectivity index (χ4v) is 2.22. The molecule has 1 heterocycles. The quantitative estimate of drug-likeness (QED) is 0.900. The Kier molecular flexibility index (Phi) is 4.27. The number of likely N-dealkylation sites (N-methyl/N-ethyl adjacent to an activating group) is 1. The summed E-state index contributed by atoms with van der Waals surface area (Å²) in [5.74, 6) is -1.09. The zero-order chi connectivity index (χ0) is 13.8. The minimum Gasteiger partial charge on any atom is -0.309 e. The summed E-state index contributed by atoms with van der Waals surface area (Å²) in [6.07, 6.45) is 2.23. The molecule has 2 aromatic rings. The van der Waals surface area contributed by atoms with Crippen LogP contribution in [-0.4, -0.2) is 16.3 Å². The van der Waals surface area contributed by atoms with E-state index < -0.39 is 11.6 Å². The normalized spacial score (nSPS) is 12.6. The van der Waals surface area contributed by atoms with Crippen molar-refractivity contribution in [1.29, 1.82) is 0 Å². The molecule has 0 spiro atoms. The fourth-order valence-electron chi connectivity index (χ4n) is 2.22. The molecule has 5 heteroatoms. The van der Waals surface area contributed by atoms with Gasteiger partial charge in [0.1, 0.15) is 11.6 Å². The molecule has 1 atom stereocenters. The zero-order valence-corrected chi connectivity index (χ0v) is 11.0. The smallest absolute Gasteiger partial charge is 0.126 e. The molecule has 1 aromatic carbocycles. The molecule has 102 valence electrons. The topological polar surface area (TPSA) is 29.9 Å². The summed E-state index contributed by atoms with van der Waals surface area (Å²) in [4.78, 5) is 0. The summed E-state index contributed by atoms with van der Waals surface area (Å²) in [6, 6.07) is 5.51. The zero-order valence-electron chi connectivity index (χ0n) is 11.0. The maximum absolute atomic E-state index is 13.2. The Balaban J connectivity index is 2.23. The largest absolute Gasteiger partial charge is 0.309 e. The lowest BCUT2D eigenvalue weighted by molar-refractivity contribution is 0.503. The number of halogens is 2. The first-order valence-electron chi connectivity index (χ1n) is 6.26. The maximum atomic E-state index is 13.2. The summed E-state index contributed by atoms with van der Waals surface area (Å²) in [7, 11) is 1.85. The second kappa shape index (κ2) is 5.93. The van der Waals surface area contributed by atoms with Gasteiger partial charge in [0.25, 0.3) is 0 Å². The molecule has 1 unspecified atom stereocenters. The highest BCUT2D eigenvalue weighted by Crippen LogP contribution is 2.19. The van der Waals surface area contributed by atoms with E-state index >= 15 is 0 Å². The number of rotatable bonds is 5. The van der Waals surface area contributed by atoms with Crippen LogP contribution in [0.25, 0.3) is 0 Å². The molecule has 3 nitrogen and oxygen atoms in total. The van der Waals surface area contributed by atoms with Crippen LogP contribution in [0.3, 0.4) is 0 Å². The Bertz CT molecular complexity index is 531. The number of hydrogen-bond donors (Lipinski definition) is 1. The third-order valence-electron chi connectivity index (χ3n) is 3.03. The van der Waals surface area contributed by atoms with Gasteiger partial charge in [0.2, 0.25) is 0 Å². The van der Waals surface area contributed by atoms with Crippen LogP contribution in [0.5, 0.6) is 0 Å². The molecule has 0 bridgehead atoms. The van der Waals surface area contributed by atoms with Crippen LogP contribution in [0.15, 0.2) is 30.5 Å². The van der Waals surface area contributed by atoms with Crippen LogP contribution in [0.4, 0.5) is 8.78 Å². The molecule has 0 amide bonds. The lowest BCUT2D eigenvalue weighted by Gasteiger charge is -2.18. The van der Waals surface area contributed by atoms with Crippen molar-refractivity contribution in [2.24, 2.45) is 7.05 Å². The van der Waals surface area contributed by atoms with E-state index in [0.717, 1.165) is 18.3 Å². The van der Waals surface area contributed by atoms with Crippen molar-refractivity contribution < 1.29 is 8.78 Å². The molecular formula is C14H17F2N3. The first kappa shape index (κ1) is 13.7. The van der Waals surface area contributed by atoms with E-state index in [1.54, 1.807) is 10.9 Å². The van der Waals surface area contributed by atoms with Gasteiger partial charge in [-0.15, -0.1) is 0 Å². The van der Waals surface area contributed by atoms with Gasteiger partial charge < -0.3 is 5.32 Å². The summed E-state index contributed by atoms with van der Waals surface area (Å²) >= 11 is 0. The predicted octanol–water partition coefficient (Wildman–Crippen LogP) is 2.59. The summed E-state index contributed by atoms with van der Waals surface area (Å²) in [5, 5.41) is 7.43. The molecule has 0 saturated heterocycles. The fraction of sp³-hybridized carbons (Fsp3) is 0.357. The van der Waals surface area contributed by atoms with Crippen LogP contribution < -0.4 is 5.32 Å². The molecule has 1 N–H and O–H groups in total. The minimum atomic E-state index is -0.546. The van der Waals surface area contributed by atoms with Gasteiger partial charge in [-0.2, -0.15) is 5.10 Å². The van der Waals surface area contributed by atoms with Gasteiger partial charge in [0.15, 0.2) is 0 Å². The van der Waals surface area contributed by atoms with Crippen LogP contribution in [0.2, 0.25) is 0 Å². The van der Waals surface area contributed by atoms with Crippen LogP contribution in [0, 0.1) is 11.6 Å². The maximum Gasteiger partial charge on any atom is 0.126 e. The Morgan fingerprint density at radius 1 is 1.26 bits per heavy atom. The number of nitrogens with zero attached hydrogens (tertiary/aromatic N) is 2. The van der Waals surface area contributed by atoms with Gasteiger partial charge in [-0.1, -0.05) is 6.92 Å². The number of nitrogens with one attached hydrogen (secondary N) is 1. The molecule has 0 saturated carbocycles. The van der Waals surface area contributed by atoms with Crippen LogP contribution in [-0.2, 0) is 13.5 Å². The molecule has 0 aliphatic rings. The summed E-state index contributed by atoms with van der Waals surface area (Å²) in [6.45, 7) is 2.77. The van der Waals surface area contributed by atoms with E-state index in [0.29, 0.717) is 12.0 Å². The monoisotopic (exact) mass is 265 g/mol. The van der Waals surface area contributed by atoms with Crippen molar-refractivity contribution in [1.82, 2.24) is 15.1 Å². The molecule has 1 aromatic heterocycles. The van der Waals surface area contributed by atoms with E-state index in [2.05, 4.69) is 10.4 Å². The average molecular weight is 265 g/mol. The van der Waals surface area contributed by atoms with Gasteiger partial charge in [0.05, 0.1) is 11.7 Å². The lowest BCUT2D eigenvalue weighted by atomic mass is 10.0. The van der Waals surface area contributed by atoms with Crippen molar-refractivity contribution in [3.8, 4) is 0 Å². The molecule has 0 fully saturated rings. The van der Waals surface area contributed by atoms with E-state index in [4.69, 9.17) is 0 Å². The van der Waals surface area contributed by atoms with E-state index in [9.17, 15) is 8.78 Å². The first-order chi connectivity index (χ1) is 9.10. The lowest BCUT2D eigenvalue weighted by Crippen LogP contribution is -2.25. The van der Waals surface area contributed by atoms with E-state index in [-0.39, 0.29) is 6.04 Å². The molecule has 19 heavy (non-hydrogen) atoms. The third-order valence-corrected chi connectivity index (χ3v) is 3.03. The van der Waals surface area contributed by atoms with Crippen molar-refractivity contribution >= 4 is 0 Å². The number of benzene rings is 1. The van der Waals surface area contributed by atoms with Gasteiger partial charge in [-0.05, 0) is 36.7 Å². The molecule has 2 rings (SSSR count). The second-order valence-corrected chi connectivity index (χ2v) is 4.47. The van der Waals surface area contributed by atoms with Crippen molar-refractivity contribution in [2.75, 3.05) is 6.54 Å². The number of aryl methyl sites for hydroxylation is 1. The molecule has 0 aliphatic carbocycles. The third kappa shape index (κ3) is 3.38. The molecule has 0 aliphatic heterocycles. The summed E-state index contributed by atoms with van der Waals surface area (Å²) in [5.41, 5.74) is 1.62. The Hall–Kier alpha value is -1.75. The average Bonchev–Trinajstić information content (AvgIpc) is 2.73. The summed E-state index contributed by atoms with van der Waals surface area (Å²) < 4.78 is 28.2. The van der Waals surface area contributed by atoms with Crippen molar-refractivity contribution in [3.63, 3.8) is 0 Å². The van der Waals surface area contributed by atoms with Crippen molar-refractivity contribution in [2.45, 2.75) is 19.4 Å². The standard InChI is InChI=1S/C14H17F2N3/c1-3-17-13(14-4-5-18-19(14)2)8-10-6-11(15)9-12(16)7-10/h4-7,9,13,17H,3,8H2,1-2H3. The highest BCUT2D eigenvalue weighted by atomic mass is 19.1. The van der Waals surface area contributed by atoms with Crippen LogP contribution >= 0.6 is 0 Å². The van der Waals surface area contributed by atoms with Crippen LogP contribution in [0.1, 0.15) is 24.2 Å². The van der Waals surface area contributed by atoms with Gasteiger partial charge >= 0.3 is 0 Å². The number of aromatic nitrogens is 2. The van der Waals surface area contributed by atoms with E-state index in [1.165, 1.54) is 12.1 Å². The minimum absolute atomic E-state index is 0.0151. The highest BCUT2D eigenvalue weighted by Gasteiger charge is 2.15. The molecule has 0 radical (unpaired) electrons. The van der Waals surface area contributed by atoms with Gasteiger partial charge in [-0.3, -0.25) is 4.68 Å². The Morgan fingerprint density at radius 3 is 2.47 bits per heavy atom. The predicted molar refractivity (Wildman–Crippen MR) is 69.7 cm³/mol. The Morgan fingerprint density at radius 2 is 1.95 bits per heavy atom. The van der Waals surface area contributed by atoms with Gasteiger partial charge in [-0.25, -0.2) is 8.78 Å². The number of hydrogen-bond acceptors (Lipinski definition) is 2. The Labute approximate surface area is 111 Å². The van der Waals surface area contributed by atoms with Gasteiger partial charge in [0, 0.05) is 19.3 Å². The second-order valence-electron chi connectivity index (χ2n) is 4.47. The SMILES string of the molecule is CCNC(Cc1cc(F)cc(F)c1)c1ccnn1C. The first-order valence-corrected chi connectivity index (χ1v) is 6.26. The molecular weight excluding hydrogens is 248 g/mol. The van der Waals surface area contributed by atoms with E-state index in [1.807, 2.05) is 20.0 Å². The van der Waals surface area contributed by atoms with Crippen molar-refractivity contribution in [3.05, 3.63) is 53.4 Å².